The first kappa shape index (κ1) is 13.8. The number of aliphatic hydroxyl groups is 3. The Morgan fingerprint density at radius 2 is 1.85 bits per heavy atom. The van der Waals surface area contributed by atoms with Gasteiger partial charge in [-0.25, -0.2) is 4.79 Å². The summed E-state index contributed by atoms with van der Waals surface area (Å²) in [6.07, 6.45) is 0. The maximum atomic E-state index is 11.4. The zero-order chi connectivity index (χ0) is 15.1. The van der Waals surface area contributed by atoms with Gasteiger partial charge in [0.2, 0.25) is 11.5 Å². The monoisotopic (exact) mass is 281 g/mol. The number of hydrogen-bond donors (Lipinski definition) is 3. The molecule has 8 heteroatoms. The van der Waals surface area contributed by atoms with Gasteiger partial charge in [0.25, 0.3) is 5.60 Å². The molecule has 2 atom stereocenters. The van der Waals surface area contributed by atoms with Gasteiger partial charge < -0.3 is 20.1 Å². The van der Waals surface area contributed by atoms with Gasteiger partial charge in [-0.1, -0.05) is 30.3 Å². The van der Waals surface area contributed by atoms with E-state index in [1.165, 1.54) is 24.3 Å². The van der Waals surface area contributed by atoms with Crippen LogP contribution < -0.4 is 0 Å². The SMILES string of the molecule is C[C@@](O)([N+](=O)[O-])[C@@]1(c2ccccc2)OC(=O)C(O)=C1O. The second-order valence-corrected chi connectivity index (χ2v) is 4.41. The van der Waals surface area contributed by atoms with Gasteiger partial charge in [-0.2, -0.15) is 0 Å². The molecule has 0 spiro atoms. The zero-order valence-corrected chi connectivity index (χ0v) is 10.3. The van der Waals surface area contributed by atoms with Crippen LogP contribution in [-0.2, 0) is 15.1 Å². The molecule has 3 N–H and O–H groups in total. The highest BCUT2D eigenvalue weighted by molar-refractivity contribution is 5.90. The van der Waals surface area contributed by atoms with Gasteiger partial charge >= 0.3 is 11.7 Å². The van der Waals surface area contributed by atoms with Crippen molar-refractivity contribution in [3.63, 3.8) is 0 Å². The number of aliphatic hydroxyl groups excluding tert-OH is 2. The van der Waals surface area contributed by atoms with Crippen LogP contribution in [0.1, 0.15) is 12.5 Å². The van der Waals surface area contributed by atoms with E-state index in [1.54, 1.807) is 6.07 Å². The first-order chi connectivity index (χ1) is 9.25. The third-order valence-electron chi connectivity index (χ3n) is 3.20. The van der Waals surface area contributed by atoms with Gasteiger partial charge in [0.15, 0.2) is 0 Å². The van der Waals surface area contributed by atoms with Gasteiger partial charge in [0, 0.05) is 12.5 Å². The van der Waals surface area contributed by atoms with E-state index in [9.17, 15) is 30.2 Å². The Hall–Kier alpha value is -2.61. The highest BCUT2D eigenvalue weighted by Gasteiger charge is 2.69. The van der Waals surface area contributed by atoms with Crippen LogP contribution in [0.4, 0.5) is 0 Å². The van der Waals surface area contributed by atoms with E-state index in [-0.39, 0.29) is 5.56 Å². The largest absolute Gasteiger partial charge is 0.504 e. The Bertz CT molecular complexity index is 607. The predicted molar refractivity (Wildman–Crippen MR) is 64.1 cm³/mol. The van der Waals surface area contributed by atoms with Gasteiger partial charge in [-0.3, -0.25) is 10.1 Å². The number of carbonyl (C=O) groups is 1. The number of hydrogen-bond acceptors (Lipinski definition) is 7. The molecule has 8 nitrogen and oxygen atoms in total. The van der Waals surface area contributed by atoms with E-state index in [2.05, 4.69) is 0 Å². The van der Waals surface area contributed by atoms with Gasteiger partial charge in [-0.15, -0.1) is 0 Å². The summed E-state index contributed by atoms with van der Waals surface area (Å²) in [5.74, 6) is -3.63. The van der Waals surface area contributed by atoms with Crippen LogP contribution >= 0.6 is 0 Å². The van der Waals surface area contributed by atoms with Gasteiger partial charge in [0.05, 0.1) is 4.92 Å². The lowest BCUT2D eigenvalue weighted by Crippen LogP contribution is -2.56. The van der Waals surface area contributed by atoms with Crippen LogP contribution in [0.2, 0.25) is 0 Å². The van der Waals surface area contributed by atoms with Crippen LogP contribution in [0.15, 0.2) is 41.9 Å². The van der Waals surface area contributed by atoms with Crippen molar-refractivity contribution in [2.24, 2.45) is 0 Å². The summed E-state index contributed by atoms with van der Waals surface area (Å²) < 4.78 is 4.78. The van der Waals surface area contributed by atoms with E-state index >= 15 is 0 Å². The number of esters is 1. The molecule has 2 rings (SSSR count). The third-order valence-corrected chi connectivity index (χ3v) is 3.20. The van der Waals surface area contributed by atoms with Crippen molar-refractivity contribution in [2.45, 2.75) is 18.2 Å². The molecule has 1 aromatic carbocycles. The first-order valence-corrected chi connectivity index (χ1v) is 5.53. The van der Waals surface area contributed by atoms with Gasteiger partial charge in [-0.05, 0) is 0 Å². The molecule has 1 aliphatic rings. The van der Waals surface area contributed by atoms with E-state index < -0.39 is 33.7 Å². The maximum absolute atomic E-state index is 11.4. The number of nitro groups is 1. The zero-order valence-electron chi connectivity index (χ0n) is 10.3. The minimum absolute atomic E-state index is 0.0448. The summed E-state index contributed by atoms with van der Waals surface area (Å²) in [6.45, 7) is 0.766. The van der Waals surface area contributed by atoms with Crippen molar-refractivity contribution in [1.29, 1.82) is 0 Å². The number of ether oxygens (including phenoxy) is 1. The number of rotatable bonds is 3. The standard InChI is InChI=1S/C12H11NO7/c1-11(17,13(18)19)12(7-5-3-2-4-6-7)9(15)8(14)10(16)20-12/h2-6,14-15,17H,1H3/t11-,12-/m0/s1. The molecule has 1 heterocycles. The smallest absolute Gasteiger partial charge is 0.378 e. The van der Waals surface area contributed by atoms with E-state index in [0.29, 0.717) is 0 Å². The first-order valence-electron chi connectivity index (χ1n) is 5.53. The van der Waals surface area contributed by atoms with Crippen molar-refractivity contribution in [2.75, 3.05) is 0 Å². The molecule has 0 unspecified atom stereocenters. The second-order valence-electron chi connectivity index (χ2n) is 4.41. The number of cyclic esters (lactones) is 1. The van der Waals surface area contributed by atoms with E-state index in [1.807, 2.05) is 0 Å². The van der Waals surface area contributed by atoms with E-state index in [4.69, 9.17) is 4.74 Å². The van der Waals surface area contributed by atoms with Crippen molar-refractivity contribution in [1.82, 2.24) is 0 Å². The third kappa shape index (κ3) is 1.55. The molecule has 0 bridgehead atoms. The quantitative estimate of drug-likeness (QED) is 0.322. The molecular formula is C12H11NO7. The lowest BCUT2D eigenvalue weighted by molar-refractivity contribution is -0.644. The molecule has 0 radical (unpaired) electrons. The fraction of sp³-hybridized carbons (Fsp3) is 0.250. The Morgan fingerprint density at radius 1 is 1.30 bits per heavy atom. The summed E-state index contributed by atoms with van der Waals surface area (Å²) in [5, 5.41) is 40.6. The van der Waals surface area contributed by atoms with Crippen LogP contribution in [0.25, 0.3) is 0 Å². The van der Waals surface area contributed by atoms with Gasteiger partial charge in [0.1, 0.15) is 0 Å². The van der Waals surface area contributed by atoms with Crippen molar-refractivity contribution < 1.29 is 29.8 Å². The minimum Gasteiger partial charge on any atom is -0.504 e. The average Bonchev–Trinajstić information content (AvgIpc) is 2.65. The summed E-state index contributed by atoms with van der Waals surface area (Å²) in [5.41, 5.74) is -5.42. The molecule has 106 valence electrons. The van der Waals surface area contributed by atoms with Crippen LogP contribution in [0.3, 0.4) is 0 Å². The lowest BCUT2D eigenvalue weighted by Gasteiger charge is -2.33. The van der Waals surface area contributed by atoms with Crippen molar-refractivity contribution in [3.8, 4) is 0 Å². The number of benzene rings is 1. The number of nitrogens with zero attached hydrogens (tertiary/aromatic N) is 1. The maximum Gasteiger partial charge on any atom is 0.378 e. The lowest BCUT2D eigenvalue weighted by atomic mass is 9.83. The Morgan fingerprint density at radius 3 is 2.25 bits per heavy atom. The summed E-state index contributed by atoms with van der Waals surface area (Å²) in [6, 6.07) is 7.18. The predicted octanol–water partition coefficient (Wildman–Crippen LogP) is 0.752. The number of carbonyl (C=O) groups excluding carboxylic acids is 1. The fourth-order valence-electron chi connectivity index (χ4n) is 2.09. The van der Waals surface area contributed by atoms with Crippen LogP contribution in [0, 0.1) is 10.1 Å². The highest BCUT2D eigenvalue weighted by Crippen LogP contribution is 2.47. The van der Waals surface area contributed by atoms with Crippen molar-refractivity contribution >= 4 is 5.97 Å². The molecule has 0 fully saturated rings. The molecule has 0 saturated heterocycles. The topological polar surface area (TPSA) is 130 Å². The molecule has 0 amide bonds. The highest BCUT2D eigenvalue weighted by atomic mass is 16.7. The van der Waals surface area contributed by atoms with Crippen LogP contribution in [-0.4, -0.2) is 31.9 Å². The second kappa shape index (κ2) is 4.20. The van der Waals surface area contributed by atoms with Crippen LogP contribution in [0.5, 0.6) is 0 Å². The fourth-order valence-corrected chi connectivity index (χ4v) is 2.09. The molecule has 0 saturated carbocycles. The minimum atomic E-state index is -2.88. The molecule has 1 aliphatic heterocycles. The summed E-state index contributed by atoms with van der Waals surface area (Å²) in [4.78, 5) is 21.4. The molecular weight excluding hydrogens is 270 g/mol. The Labute approximate surface area is 112 Å². The molecule has 20 heavy (non-hydrogen) atoms. The molecule has 0 aromatic heterocycles. The average molecular weight is 281 g/mol. The normalized spacial score (nSPS) is 25.2. The summed E-state index contributed by atoms with van der Waals surface area (Å²) >= 11 is 0. The molecule has 1 aromatic rings. The Kier molecular flexibility index (Phi) is 2.90. The van der Waals surface area contributed by atoms with Crippen molar-refractivity contribution in [3.05, 3.63) is 57.5 Å². The molecule has 0 aliphatic carbocycles. The Balaban J connectivity index is 2.77. The van der Waals surface area contributed by atoms with E-state index in [0.717, 1.165) is 6.92 Å². The summed E-state index contributed by atoms with van der Waals surface area (Å²) in [7, 11) is 0.